The molecule has 1 aromatic heterocycles. The summed E-state index contributed by atoms with van der Waals surface area (Å²) in [6, 6.07) is 30.9. The first-order valence-electron chi connectivity index (χ1n) is 15.3. The lowest BCUT2D eigenvalue weighted by atomic mass is 9.91. The number of hydrogen-bond acceptors (Lipinski definition) is 3. The van der Waals surface area contributed by atoms with Gasteiger partial charge in [0, 0.05) is 35.6 Å². The van der Waals surface area contributed by atoms with E-state index in [1.165, 1.54) is 5.56 Å². The molecule has 1 atom stereocenters. The summed E-state index contributed by atoms with van der Waals surface area (Å²) in [5, 5.41) is 0. The molecule has 4 aromatic carbocycles. The second kappa shape index (κ2) is 14.3. The van der Waals surface area contributed by atoms with Crippen molar-refractivity contribution in [3.63, 3.8) is 0 Å². The number of hydrogen-bond donors (Lipinski definition) is 0. The van der Waals surface area contributed by atoms with E-state index in [4.69, 9.17) is 11.6 Å². The van der Waals surface area contributed by atoms with E-state index in [0.717, 1.165) is 40.7 Å². The van der Waals surface area contributed by atoms with Crippen molar-refractivity contribution in [2.45, 2.75) is 49.8 Å². The number of aromatic nitrogens is 1. The van der Waals surface area contributed by atoms with Crippen molar-refractivity contribution in [3.05, 3.63) is 143 Å². The first-order chi connectivity index (χ1) is 21.7. The van der Waals surface area contributed by atoms with E-state index in [-0.39, 0.29) is 22.0 Å². The van der Waals surface area contributed by atoms with Crippen LogP contribution in [0.1, 0.15) is 49.3 Å². The third-order valence-corrected chi connectivity index (χ3v) is 10.4. The summed E-state index contributed by atoms with van der Waals surface area (Å²) >= 11 is 6.47. The normalized spacial score (nSPS) is 12.2. The minimum Gasteiger partial charge on any atom is -0.330 e. The van der Waals surface area contributed by atoms with E-state index in [0.29, 0.717) is 29.0 Å². The fourth-order valence-corrected chi connectivity index (χ4v) is 7.43. The standard InChI is InChI=1S/C39H38ClNO3S/c1-4-11-30-14-9-10-15-35(30)36-21-18-32(24-33(36)25-40)38-27-41(5-2)26-37(39(38)42)31-16-19-34(20-17-31)45(43,44)23-22-28(3)29-12-7-6-8-13-29/h5-10,12-21,24,26-28H,2,4,11,22-23,25H2,1,3H3. The van der Waals surface area contributed by atoms with Crippen LogP contribution in [-0.2, 0) is 22.1 Å². The van der Waals surface area contributed by atoms with Gasteiger partial charge < -0.3 is 4.57 Å². The Morgan fingerprint density at radius 2 is 1.42 bits per heavy atom. The van der Waals surface area contributed by atoms with Gasteiger partial charge in [-0.05, 0) is 75.9 Å². The molecule has 6 heteroatoms. The number of sulfone groups is 1. The highest BCUT2D eigenvalue weighted by Crippen LogP contribution is 2.33. The van der Waals surface area contributed by atoms with Gasteiger partial charge in [0.15, 0.2) is 15.3 Å². The number of rotatable bonds is 12. The van der Waals surface area contributed by atoms with E-state index in [1.807, 2.05) is 61.5 Å². The third kappa shape index (κ3) is 7.22. The van der Waals surface area contributed by atoms with Crippen LogP contribution >= 0.6 is 11.6 Å². The predicted octanol–water partition coefficient (Wildman–Crippen LogP) is 9.61. The van der Waals surface area contributed by atoms with E-state index >= 15 is 0 Å². The molecule has 0 saturated heterocycles. The van der Waals surface area contributed by atoms with Crippen molar-refractivity contribution in [2.24, 2.45) is 0 Å². The average molecular weight is 636 g/mol. The largest absolute Gasteiger partial charge is 0.330 e. The number of halogens is 1. The van der Waals surface area contributed by atoms with Gasteiger partial charge in [-0.15, -0.1) is 11.6 Å². The topological polar surface area (TPSA) is 56.1 Å². The summed E-state index contributed by atoms with van der Waals surface area (Å²) in [5.74, 6) is 0.474. The first kappa shape index (κ1) is 32.2. The highest BCUT2D eigenvalue weighted by molar-refractivity contribution is 7.91. The van der Waals surface area contributed by atoms with Crippen LogP contribution in [-0.4, -0.2) is 18.7 Å². The molecule has 0 saturated carbocycles. The Hall–Kier alpha value is -4.19. The molecule has 0 spiro atoms. The van der Waals surface area contributed by atoms with Gasteiger partial charge >= 0.3 is 0 Å². The minimum atomic E-state index is -3.49. The molecule has 230 valence electrons. The van der Waals surface area contributed by atoms with Crippen molar-refractivity contribution in [3.8, 4) is 33.4 Å². The van der Waals surface area contributed by atoms with Crippen LogP contribution < -0.4 is 5.43 Å². The fraction of sp³-hybridized carbons (Fsp3) is 0.205. The van der Waals surface area contributed by atoms with E-state index in [2.05, 4.69) is 31.7 Å². The lowest BCUT2D eigenvalue weighted by Gasteiger charge is -2.15. The molecule has 0 aliphatic heterocycles. The molecule has 0 bridgehead atoms. The molecule has 45 heavy (non-hydrogen) atoms. The summed E-state index contributed by atoms with van der Waals surface area (Å²) in [6.45, 7) is 8.12. The van der Waals surface area contributed by atoms with Crippen LogP contribution in [0.2, 0.25) is 0 Å². The molecule has 4 nitrogen and oxygen atoms in total. The smallest absolute Gasteiger partial charge is 0.197 e. The highest BCUT2D eigenvalue weighted by atomic mass is 35.5. The van der Waals surface area contributed by atoms with Crippen LogP contribution in [0.5, 0.6) is 0 Å². The monoisotopic (exact) mass is 635 g/mol. The summed E-state index contributed by atoms with van der Waals surface area (Å²) in [5.41, 5.74) is 7.77. The van der Waals surface area contributed by atoms with Crippen LogP contribution in [0.4, 0.5) is 0 Å². The fourth-order valence-electron chi connectivity index (χ4n) is 5.76. The van der Waals surface area contributed by atoms with Gasteiger partial charge in [0.25, 0.3) is 0 Å². The Morgan fingerprint density at radius 1 is 0.800 bits per heavy atom. The average Bonchev–Trinajstić information content (AvgIpc) is 3.08. The van der Waals surface area contributed by atoms with Gasteiger partial charge in [0.1, 0.15) is 0 Å². The molecule has 0 radical (unpaired) electrons. The Morgan fingerprint density at radius 3 is 2.09 bits per heavy atom. The van der Waals surface area contributed by atoms with E-state index < -0.39 is 9.84 Å². The maximum atomic E-state index is 13.9. The Kier molecular flexibility index (Phi) is 10.2. The minimum absolute atomic E-state index is 0.0446. The zero-order chi connectivity index (χ0) is 32.0. The van der Waals surface area contributed by atoms with Gasteiger partial charge in [-0.1, -0.05) is 106 Å². The van der Waals surface area contributed by atoms with Crippen LogP contribution in [0.3, 0.4) is 0 Å². The van der Waals surface area contributed by atoms with E-state index in [1.54, 1.807) is 47.4 Å². The molecule has 0 N–H and O–H groups in total. The maximum absolute atomic E-state index is 13.9. The van der Waals surface area contributed by atoms with Crippen molar-refractivity contribution in [1.29, 1.82) is 0 Å². The molecular formula is C39H38ClNO3S. The SMILES string of the molecule is C=Cn1cc(-c2ccc(S(=O)(=O)CCC(C)c3ccccc3)cc2)c(=O)c(-c2ccc(-c3ccccc3CCC)c(CCl)c2)c1. The van der Waals surface area contributed by atoms with Gasteiger partial charge in [-0.25, -0.2) is 8.42 Å². The summed E-state index contributed by atoms with van der Waals surface area (Å²) in [4.78, 5) is 14.2. The summed E-state index contributed by atoms with van der Waals surface area (Å²) in [7, 11) is -3.49. The quantitative estimate of drug-likeness (QED) is 0.128. The van der Waals surface area contributed by atoms with Gasteiger partial charge in [0.05, 0.1) is 10.6 Å². The number of pyridine rings is 1. The maximum Gasteiger partial charge on any atom is 0.197 e. The highest BCUT2D eigenvalue weighted by Gasteiger charge is 2.19. The van der Waals surface area contributed by atoms with Gasteiger partial charge in [-0.3, -0.25) is 4.79 Å². The van der Waals surface area contributed by atoms with Crippen molar-refractivity contribution in [1.82, 2.24) is 4.57 Å². The number of benzene rings is 4. The predicted molar refractivity (Wildman–Crippen MR) is 188 cm³/mol. The van der Waals surface area contributed by atoms with Crippen molar-refractivity contribution < 1.29 is 8.42 Å². The Balaban J connectivity index is 1.46. The first-order valence-corrected chi connectivity index (χ1v) is 17.5. The Bertz CT molecular complexity index is 1960. The number of nitrogens with zero attached hydrogens (tertiary/aromatic N) is 1. The van der Waals surface area contributed by atoms with E-state index in [9.17, 15) is 13.2 Å². The number of alkyl halides is 1. The molecule has 0 aliphatic rings. The van der Waals surface area contributed by atoms with Crippen molar-refractivity contribution >= 4 is 27.6 Å². The van der Waals surface area contributed by atoms with Crippen LogP contribution in [0.15, 0.2) is 126 Å². The molecular weight excluding hydrogens is 598 g/mol. The third-order valence-electron chi connectivity index (χ3n) is 8.36. The molecule has 0 aliphatic carbocycles. The van der Waals surface area contributed by atoms with Crippen LogP contribution in [0.25, 0.3) is 39.6 Å². The molecule has 0 fully saturated rings. The Labute approximate surface area is 271 Å². The molecule has 1 heterocycles. The lowest BCUT2D eigenvalue weighted by molar-refractivity contribution is 0.588. The second-order valence-corrected chi connectivity index (χ2v) is 13.8. The second-order valence-electron chi connectivity index (χ2n) is 11.4. The summed E-state index contributed by atoms with van der Waals surface area (Å²) < 4.78 is 28.1. The number of aryl methyl sites for hydroxylation is 1. The molecule has 0 amide bonds. The lowest BCUT2D eigenvalue weighted by Crippen LogP contribution is -2.12. The van der Waals surface area contributed by atoms with Crippen molar-refractivity contribution in [2.75, 3.05) is 5.75 Å². The van der Waals surface area contributed by atoms with Gasteiger partial charge in [-0.2, -0.15) is 0 Å². The molecule has 1 unspecified atom stereocenters. The summed E-state index contributed by atoms with van der Waals surface area (Å²) in [6.07, 6.45) is 7.66. The molecule has 5 rings (SSSR count). The molecule has 5 aromatic rings. The van der Waals surface area contributed by atoms with Gasteiger partial charge in [0.2, 0.25) is 0 Å². The zero-order valence-corrected chi connectivity index (χ0v) is 27.3. The van der Waals surface area contributed by atoms with Crippen LogP contribution in [0, 0.1) is 0 Å². The zero-order valence-electron chi connectivity index (χ0n) is 25.7.